The van der Waals surface area contributed by atoms with E-state index < -0.39 is 5.60 Å². The fraction of sp³-hybridized carbons (Fsp3) is 0.684. The topological polar surface area (TPSA) is 29.5 Å². The first-order valence-electron chi connectivity index (χ1n) is 8.18. The van der Waals surface area contributed by atoms with Crippen LogP contribution in [0.25, 0.3) is 0 Å². The maximum Gasteiger partial charge on any atom is 0.119 e. The van der Waals surface area contributed by atoms with Crippen LogP contribution < -0.4 is 4.74 Å². The quantitative estimate of drug-likeness (QED) is 0.825. The van der Waals surface area contributed by atoms with Gasteiger partial charge in [0.1, 0.15) is 5.75 Å². The van der Waals surface area contributed by atoms with Crippen molar-refractivity contribution in [2.75, 3.05) is 7.11 Å². The van der Waals surface area contributed by atoms with Gasteiger partial charge in [-0.2, -0.15) is 0 Å². The zero-order valence-electron chi connectivity index (χ0n) is 14.0. The molecule has 2 rings (SSSR count). The summed E-state index contributed by atoms with van der Waals surface area (Å²) in [5.74, 6) is 1.59. The number of benzene rings is 1. The Morgan fingerprint density at radius 3 is 2.67 bits per heavy atom. The fourth-order valence-corrected chi connectivity index (χ4v) is 3.59. The van der Waals surface area contributed by atoms with Gasteiger partial charge >= 0.3 is 0 Å². The number of ether oxygens (including phenoxy) is 1. The van der Waals surface area contributed by atoms with E-state index >= 15 is 0 Å². The second-order valence-corrected chi connectivity index (χ2v) is 7.75. The predicted octanol–water partition coefficient (Wildman–Crippen LogP) is 4.60. The van der Waals surface area contributed by atoms with Crippen molar-refractivity contribution < 1.29 is 9.84 Å². The Kier molecular flexibility index (Phi) is 4.98. The standard InChI is InChI=1S/C19H30O2/c1-18(2,3)16-8-6-11-19(20,12-10-16)14-15-7-5-9-17(13-15)21-4/h5,7,9,13,16,20H,6,8,10-12,14H2,1-4H3. The molecule has 0 amide bonds. The molecule has 0 heterocycles. The van der Waals surface area contributed by atoms with Gasteiger partial charge in [0, 0.05) is 6.42 Å². The molecular weight excluding hydrogens is 260 g/mol. The normalized spacial score (nSPS) is 27.2. The summed E-state index contributed by atoms with van der Waals surface area (Å²) < 4.78 is 5.28. The Labute approximate surface area is 129 Å². The molecule has 1 aromatic carbocycles. The van der Waals surface area contributed by atoms with E-state index in [0.29, 0.717) is 5.41 Å². The fourth-order valence-electron chi connectivity index (χ4n) is 3.59. The van der Waals surface area contributed by atoms with E-state index in [2.05, 4.69) is 26.8 Å². The van der Waals surface area contributed by atoms with Crippen LogP contribution in [0.3, 0.4) is 0 Å². The van der Waals surface area contributed by atoms with Gasteiger partial charge in [-0.1, -0.05) is 39.3 Å². The third-order valence-corrected chi connectivity index (χ3v) is 5.04. The number of hydrogen-bond acceptors (Lipinski definition) is 2. The van der Waals surface area contributed by atoms with Crippen molar-refractivity contribution in [2.24, 2.45) is 11.3 Å². The lowest BCUT2D eigenvalue weighted by Gasteiger charge is -2.31. The molecule has 2 atom stereocenters. The average Bonchev–Trinajstić information content (AvgIpc) is 2.60. The summed E-state index contributed by atoms with van der Waals surface area (Å²) >= 11 is 0. The summed E-state index contributed by atoms with van der Waals surface area (Å²) in [7, 11) is 1.69. The summed E-state index contributed by atoms with van der Waals surface area (Å²) in [4.78, 5) is 0. The molecule has 1 aliphatic rings. The van der Waals surface area contributed by atoms with Crippen molar-refractivity contribution in [1.82, 2.24) is 0 Å². The Hall–Kier alpha value is -1.02. The number of rotatable bonds is 3. The van der Waals surface area contributed by atoms with Gasteiger partial charge < -0.3 is 9.84 Å². The molecule has 1 aliphatic carbocycles. The summed E-state index contributed by atoms with van der Waals surface area (Å²) in [6, 6.07) is 8.10. The van der Waals surface area contributed by atoms with E-state index in [9.17, 15) is 5.11 Å². The minimum absolute atomic E-state index is 0.348. The highest BCUT2D eigenvalue weighted by Gasteiger charge is 2.34. The smallest absolute Gasteiger partial charge is 0.119 e. The van der Waals surface area contributed by atoms with Gasteiger partial charge in [0.05, 0.1) is 12.7 Å². The van der Waals surface area contributed by atoms with Gasteiger partial charge in [-0.25, -0.2) is 0 Å². The largest absolute Gasteiger partial charge is 0.497 e. The Balaban J connectivity index is 2.05. The van der Waals surface area contributed by atoms with Gasteiger partial charge in [-0.05, 0) is 54.7 Å². The van der Waals surface area contributed by atoms with Crippen molar-refractivity contribution in [3.8, 4) is 5.75 Å². The molecule has 1 fully saturated rings. The first-order valence-corrected chi connectivity index (χ1v) is 8.18. The monoisotopic (exact) mass is 290 g/mol. The summed E-state index contributed by atoms with van der Waals surface area (Å²) in [5.41, 5.74) is 0.971. The summed E-state index contributed by atoms with van der Waals surface area (Å²) in [6.07, 6.45) is 6.06. The third-order valence-electron chi connectivity index (χ3n) is 5.04. The van der Waals surface area contributed by atoms with Crippen molar-refractivity contribution >= 4 is 0 Å². The summed E-state index contributed by atoms with van der Waals surface area (Å²) in [5, 5.41) is 11.0. The lowest BCUT2D eigenvalue weighted by atomic mass is 9.76. The maximum absolute atomic E-state index is 11.0. The van der Waals surface area contributed by atoms with Crippen molar-refractivity contribution in [3.05, 3.63) is 29.8 Å². The molecule has 2 heteroatoms. The van der Waals surface area contributed by atoms with Gasteiger partial charge in [0.25, 0.3) is 0 Å². The molecular formula is C19H30O2. The molecule has 0 bridgehead atoms. The molecule has 0 saturated heterocycles. The van der Waals surface area contributed by atoms with Crippen LogP contribution in [0.1, 0.15) is 58.4 Å². The van der Waals surface area contributed by atoms with E-state index in [1.165, 1.54) is 12.0 Å². The van der Waals surface area contributed by atoms with Gasteiger partial charge in [0.15, 0.2) is 0 Å². The highest BCUT2D eigenvalue weighted by atomic mass is 16.5. The van der Waals surface area contributed by atoms with E-state index in [-0.39, 0.29) is 0 Å². The second-order valence-electron chi connectivity index (χ2n) is 7.75. The first kappa shape index (κ1) is 16.4. The zero-order chi connectivity index (χ0) is 15.5. The minimum Gasteiger partial charge on any atom is -0.497 e. The first-order chi connectivity index (χ1) is 9.82. The third kappa shape index (κ3) is 4.47. The Bertz CT molecular complexity index is 461. The van der Waals surface area contributed by atoms with E-state index in [1.807, 2.05) is 18.2 Å². The van der Waals surface area contributed by atoms with Crippen LogP contribution in [0.2, 0.25) is 0 Å². The van der Waals surface area contributed by atoms with E-state index in [0.717, 1.165) is 43.8 Å². The van der Waals surface area contributed by atoms with Crippen molar-refractivity contribution in [2.45, 2.75) is 64.9 Å². The minimum atomic E-state index is -0.549. The molecule has 0 aromatic heterocycles. The summed E-state index contributed by atoms with van der Waals surface area (Å²) in [6.45, 7) is 6.97. The van der Waals surface area contributed by atoms with E-state index in [4.69, 9.17) is 4.74 Å². The molecule has 1 N–H and O–H groups in total. The van der Waals surface area contributed by atoms with Gasteiger partial charge in [0.2, 0.25) is 0 Å². The van der Waals surface area contributed by atoms with Gasteiger partial charge in [-0.3, -0.25) is 0 Å². The predicted molar refractivity (Wildman–Crippen MR) is 87.7 cm³/mol. The second kappa shape index (κ2) is 6.39. The van der Waals surface area contributed by atoms with Crippen LogP contribution in [0.15, 0.2) is 24.3 Å². The molecule has 21 heavy (non-hydrogen) atoms. The van der Waals surface area contributed by atoms with Gasteiger partial charge in [-0.15, -0.1) is 0 Å². The molecule has 0 aliphatic heterocycles. The van der Waals surface area contributed by atoms with Crippen LogP contribution in [-0.4, -0.2) is 17.8 Å². The zero-order valence-corrected chi connectivity index (χ0v) is 14.0. The van der Waals surface area contributed by atoms with E-state index in [1.54, 1.807) is 7.11 Å². The highest BCUT2D eigenvalue weighted by molar-refractivity contribution is 5.29. The lowest BCUT2D eigenvalue weighted by Crippen LogP contribution is -2.31. The maximum atomic E-state index is 11.0. The Morgan fingerprint density at radius 2 is 2.00 bits per heavy atom. The SMILES string of the molecule is COc1cccc(CC2(O)CCCC(C(C)(C)C)CC2)c1. The average molecular weight is 290 g/mol. The highest BCUT2D eigenvalue weighted by Crippen LogP contribution is 2.40. The van der Waals surface area contributed by atoms with Crippen LogP contribution in [0, 0.1) is 11.3 Å². The van der Waals surface area contributed by atoms with Crippen LogP contribution in [-0.2, 0) is 6.42 Å². The Morgan fingerprint density at radius 1 is 1.24 bits per heavy atom. The van der Waals surface area contributed by atoms with Crippen molar-refractivity contribution in [3.63, 3.8) is 0 Å². The molecule has 2 unspecified atom stereocenters. The molecule has 1 saturated carbocycles. The van der Waals surface area contributed by atoms with Crippen LogP contribution in [0.4, 0.5) is 0 Å². The molecule has 0 spiro atoms. The van der Waals surface area contributed by atoms with Crippen LogP contribution in [0.5, 0.6) is 5.75 Å². The molecule has 118 valence electrons. The lowest BCUT2D eigenvalue weighted by molar-refractivity contribution is 0.0225. The number of methoxy groups -OCH3 is 1. The molecule has 2 nitrogen and oxygen atoms in total. The number of aliphatic hydroxyl groups is 1. The van der Waals surface area contributed by atoms with Crippen LogP contribution >= 0.6 is 0 Å². The van der Waals surface area contributed by atoms with Crippen molar-refractivity contribution in [1.29, 1.82) is 0 Å². The molecule has 0 radical (unpaired) electrons. The number of hydrogen-bond donors (Lipinski definition) is 1. The molecule has 1 aromatic rings.